The van der Waals surface area contributed by atoms with E-state index < -0.39 is 6.61 Å². The number of methoxy groups -OCH3 is 1. The summed E-state index contributed by atoms with van der Waals surface area (Å²) in [4.78, 5) is 4.53. The maximum Gasteiger partial charge on any atom is 0.387 e. The van der Waals surface area contributed by atoms with E-state index in [4.69, 9.17) is 14.2 Å². The third-order valence-electron chi connectivity index (χ3n) is 4.12. The summed E-state index contributed by atoms with van der Waals surface area (Å²) in [5, 5.41) is 6.25. The second-order valence-electron chi connectivity index (χ2n) is 6.09. The maximum absolute atomic E-state index is 12.8. The zero-order valence-electron chi connectivity index (χ0n) is 16.2. The quantitative estimate of drug-likeness (QED) is 0.517. The van der Waals surface area contributed by atoms with Crippen molar-refractivity contribution < 1.29 is 27.7 Å². The van der Waals surface area contributed by atoms with E-state index in [0.717, 1.165) is 11.3 Å². The van der Waals surface area contributed by atoms with E-state index in [9.17, 15) is 8.78 Å². The van der Waals surface area contributed by atoms with Gasteiger partial charge in [-0.05, 0) is 30.7 Å². The van der Waals surface area contributed by atoms with Crippen molar-refractivity contribution >= 4 is 5.96 Å². The van der Waals surface area contributed by atoms with E-state index in [0.29, 0.717) is 36.1 Å². The minimum absolute atomic E-state index is 0.0281. The number of hydrogen-bond donors (Lipinski definition) is 2. The Kier molecular flexibility index (Phi) is 6.94. The summed E-state index contributed by atoms with van der Waals surface area (Å²) in [5.74, 6) is 2.19. The highest BCUT2D eigenvalue weighted by Gasteiger charge is 2.20. The van der Waals surface area contributed by atoms with Crippen LogP contribution in [0.3, 0.4) is 0 Å². The van der Waals surface area contributed by atoms with E-state index in [-0.39, 0.29) is 19.1 Å². The molecule has 0 aliphatic carbocycles. The van der Waals surface area contributed by atoms with Gasteiger partial charge in [-0.25, -0.2) is 4.99 Å². The second-order valence-corrected chi connectivity index (χ2v) is 6.09. The van der Waals surface area contributed by atoms with Gasteiger partial charge < -0.3 is 29.6 Å². The number of guanidine groups is 1. The Morgan fingerprint density at radius 2 is 1.97 bits per heavy atom. The molecule has 0 spiro atoms. The number of rotatable bonds is 8. The molecule has 2 aromatic rings. The van der Waals surface area contributed by atoms with Crippen molar-refractivity contribution in [2.45, 2.75) is 26.6 Å². The summed E-state index contributed by atoms with van der Waals surface area (Å²) in [6.07, 6.45) is 0. The second kappa shape index (κ2) is 9.81. The lowest BCUT2D eigenvalue weighted by atomic mass is 10.1. The lowest BCUT2D eigenvalue weighted by molar-refractivity contribution is -0.0505. The van der Waals surface area contributed by atoms with E-state index in [1.807, 2.05) is 31.2 Å². The third-order valence-corrected chi connectivity index (χ3v) is 4.12. The predicted octanol–water partition coefficient (Wildman–Crippen LogP) is 3.28. The van der Waals surface area contributed by atoms with E-state index in [1.165, 1.54) is 6.07 Å². The number of halogens is 2. The molecule has 3 rings (SSSR count). The van der Waals surface area contributed by atoms with E-state index in [2.05, 4.69) is 20.4 Å². The molecule has 0 aromatic heterocycles. The molecule has 0 atom stereocenters. The predicted molar refractivity (Wildman–Crippen MR) is 104 cm³/mol. The molecular weight excluding hydrogens is 384 g/mol. The SMILES string of the molecule is CCNC(=NCc1cccc(OC)c1)NCc1cc2c(cc1OC(F)F)OCO2. The Morgan fingerprint density at radius 1 is 1.17 bits per heavy atom. The maximum atomic E-state index is 12.8. The number of aliphatic imine (C=N–C) groups is 1. The summed E-state index contributed by atoms with van der Waals surface area (Å²) in [6, 6.07) is 10.6. The van der Waals surface area contributed by atoms with Crippen LogP contribution in [0.25, 0.3) is 0 Å². The largest absolute Gasteiger partial charge is 0.497 e. The van der Waals surface area contributed by atoms with Gasteiger partial charge in [-0.2, -0.15) is 8.78 Å². The van der Waals surface area contributed by atoms with Crippen LogP contribution in [0, 0.1) is 0 Å². The molecule has 9 heteroatoms. The standard InChI is InChI=1S/C20H23F2N3O4/c1-3-23-20(24-10-13-5-4-6-15(7-13)26-2)25-11-14-8-17-18(28-12-27-17)9-16(14)29-19(21)22/h4-9,19H,3,10-12H2,1-2H3,(H2,23,24,25). The number of benzene rings is 2. The fourth-order valence-corrected chi connectivity index (χ4v) is 2.77. The Balaban J connectivity index is 1.72. The van der Waals surface area contributed by atoms with E-state index in [1.54, 1.807) is 13.2 Å². The molecule has 156 valence electrons. The first kappa shape index (κ1) is 20.5. The van der Waals surface area contributed by atoms with Crippen LogP contribution < -0.4 is 29.6 Å². The average molecular weight is 407 g/mol. The van der Waals surface area contributed by atoms with Crippen molar-refractivity contribution in [2.24, 2.45) is 4.99 Å². The number of fused-ring (bicyclic) bond motifs is 1. The summed E-state index contributed by atoms with van der Waals surface area (Å²) in [6.45, 7) is 0.325. The molecule has 2 aromatic carbocycles. The molecular formula is C20H23F2N3O4. The molecule has 0 fully saturated rings. The van der Waals surface area contributed by atoms with Gasteiger partial charge in [0, 0.05) is 24.7 Å². The van der Waals surface area contributed by atoms with Gasteiger partial charge in [-0.3, -0.25) is 0 Å². The number of ether oxygens (including phenoxy) is 4. The van der Waals surface area contributed by atoms with Crippen LogP contribution in [-0.4, -0.2) is 33.0 Å². The summed E-state index contributed by atoms with van der Waals surface area (Å²) >= 11 is 0. The highest BCUT2D eigenvalue weighted by atomic mass is 19.3. The summed E-state index contributed by atoms with van der Waals surface area (Å²) in [7, 11) is 1.61. The number of nitrogens with one attached hydrogen (secondary N) is 2. The third kappa shape index (κ3) is 5.63. The fourth-order valence-electron chi connectivity index (χ4n) is 2.77. The monoisotopic (exact) mass is 407 g/mol. The molecule has 0 saturated carbocycles. The van der Waals surface area contributed by atoms with Crippen LogP contribution in [0.2, 0.25) is 0 Å². The van der Waals surface area contributed by atoms with Gasteiger partial charge in [0.15, 0.2) is 17.5 Å². The molecule has 0 radical (unpaired) electrons. The number of hydrogen-bond acceptors (Lipinski definition) is 5. The molecule has 0 saturated heterocycles. The van der Waals surface area contributed by atoms with E-state index >= 15 is 0 Å². The van der Waals surface area contributed by atoms with Gasteiger partial charge >= 0.3 is 6.61 Å². The zero-order chi connectivity index (χ0) is 20.6. The van der Waals surface area contributed by atoms with Crippen molar-refractivity contribution in [3.63, 3.8) is 0 Å². The van der Waals surface area contributed by atoms with Crippen LogP contribution in [-0.2, 0) is 13.1 Å². The molecule has 1 aliphatic rings. The van der Waals surface area contributed by atoms with Gasteiger partial charge in [-0.1, -0.05) is 12.1 Å². The number of nitrogens with zero attached hydrogens (tertiary/aromatic N) is 1. The Morgan fingerprint density at radius 3 is 2.69 bits per heavy atom. The van der Waals surface area contributed by atoms with Crippen LogP contribution in [0.15, 0.2) is 41.4 Å². The first-order valence-corrected chi connectivity index (χ1v) is 9.11. The molecule has 0 amide bonds. The van der Waals surface area contributed by atoms with Crippen molar-refractivity contribution in [1.29, 1.82) is 0 Å². The Hall–Kier alpha value is -3.23. The van der Waals surface area contributed by atoms with Crippen LogP contribution >= 0.6 is 0 Å². The summed E-state index contributed by atoms with van der Waals surface area (Å²) < 4.78 is 46.0. The Labute approximate surface area is 167 Å². The average Bonchev–Trinajstić information content (AvgIpc) is 3.17. The van der Waals surface area contributed by atoms with Crippen LogP contribution in [0.1, 0.15) is 18.1 Å². The highest BCUT2D eigenvalue weighted by Crippen LogP contribution is 2.38. The molecule has 1 heterocycles. The highest BCUT2D eigenvalue weighted by molar-refractivity contribution is 5.79. The van der Waals surface area contributed by atoms with Gasteiger partial charge in [-0.15, -0.1) is 0 Å². The van der Waals surface area contributed by atoms with Crippen molar-refractivity contribution in [2.75, 3.05) is 20.4 Å². The molecule has 2 N–H and O–H groups in total. The van der Waals surface area contributed by atoms with Crippen molar-refractivity contribution in [1.82, 2.24) is 10.6 Å². The first-order chi connectivity index (χ1) is 14.1. The number of alkyl halides is 2. The van der Waals surface area contributed by atoms with Crippen molar-refractivity contribution in [3.8, 4) is 23.0 Å². The normalized spacial score (nSPS) is 12.8. The molecule has 7 nitrogen and oxygen atoms in total. The van der Waals surface area contributed by atoms with Gasteiger partial charge in [0.25, 0.3) is 0 Å². The molecule has 0 bridgehead atoms. The first-order valence-electron chi connectivity index (χ1n) is 9.11. The van der Waals surface area contributed by atoms with Gasteiger partial charge in [0.05, 0.1) is 13.7 Å². The van der Waals surface area contributed by atoms with Crippen molar-refractivity contribution in [3.05, 3.63) is 47.5 Å². The fraction of sp³-hybridized carbons (Fsp3) is 0.350. The molecule has 1 aliphatic heterocycles. The lowest BCUT2D eigenvalue weighted by Gasteiger charge is -2.15. The molecule has 29 heavy (non-hydrogen) atoms. The van der Waals surface area contributed by atoms with Crippen LogP contribution in [0.4, 0.5) is 8.78 Å². The topological polar surface area (TPSA) is 73.3 Å². The van der Waals surface area contributed by atoms with Gasteiger partial charge in [0.1, 0.15) is 11.5 Å². The zero-order valence-corrected chi connectivity index (χ0v) is 16.2. The minimum atomic E-state index is -2.94. The lowest BCUT2D eigenvalue weighted by Crippen LogP contribution is -2.36. The Bertz CT molecular complexity index is 862. The summed E-state index contributed by atoms with van der Waals surface area (Å²) in [5.41, 5.74) is 1.48. The minimum Gasteiger partial charge on any atom is -0.497 e. The van der Waals surface area contributed by atoms with Gasteiger partial charge in [0.2, 0.25) is 6.79 Å². The smallest absolute Gasteiger partial charge is 0.387 e. The molecule has 0 unspecified atom stereocenters. The van der Waals surface area contributed by atoms with Crippen LogP contribution in [0.5, 0.6) is 23.0 Å².